The Bertz CT molecular complexity index is 693. The fourth-order valence-electron chi connectivity index (χ4n) is 4.34. The molecule has 0 N–H and O–H groups in total. The van der Waals surface area contributed by atoms with Crippen LogP contribution >= 0.6 is 23.2 Å². The summed E-state index contributed by atoms with van der Waals surface area (Å²) in [5.74, 6) is 1.22. The van der Waals surface area contributed by atoms with E-state index in [1.54, 1.807) is 0 Å². The van der Waals surface area contributed by atoms with Gasteiger partial charge in [-0.25, -0.2) is 4.68 Å². The van der Waals surface area contributed by atoms with Crippen LogP contribution in [-0.2, 0) is 10.3 Å². The Labute approximate surface area is 184 Å². The number of morpholine rings is 1. The molecule has 2 fully saturated rings. The summed E-state index contributed by atoms with van der Waals surface area (Å²) in [6, 6.07) is 0.0328. The van der Waals surface area contributed by atoms with Gasteiger partial charge in [-0.3, -0.25) is 4.90 Å². The zero-order valence-corrected chi connectivity index (χ0v) is 19.8. The minimum Gasteiger partial charge on any atom is -0.379 e. The van der Waals surface area contributed by atoms with E-state index in [-0.39, 0.29) is 27.7 Å². The molecule has 0 amide bonds. The van der Waals surface area contributed by atoms with Gasteiger partial charge in [-0.15, -0.1) is 28.3 Å². The first-order valence-electron chi connectivity index (χ1n) is 10.7. The third-order valence-corrected chi connectivity index (χ3v) is 7.19. The van der Waals surface area contributed by atoms with E-state index in [1.165, 1.54) is 0 Å². The summed E-state index contributed by atoms with van der Waals surface area (Å²) in [5, 5.41) is 13.2. The largest absolute Gasteiger partial charge is 0.379 e. The summed E-state index contributed by atoms with van der Waals surface area (Å²) >= 11 is 12.9. The maximum atomic E-state index is 6.60. The normalized spacial score (nSPS) is 28.7. The number of ether oxygens (including phenoxy) is 1. The minimum absolute atomic E-state index is 0.0328. The topological polar surface area (TPSA) is 56.1 Å². The predicted molar refractivity (Wildman–Crippen MR) is 117 cm³/mol. The van der Waals surface area contributed by atoms with Gasteiger partial charge in [0.05, 0.1) is 24.8 Å². The molecule has 3 rings (SSSR count). The summed E-state index contributed by atoms with van der Waals surface area (Å²) < 4.78 is 7.54. The monoisotopic (exact) mass is 443 g/mol. The standard InChI is InChI=1S/C21H35Cl2N5O/c1-20(2,3)18(9-7-15-6-8-16(22)14-17(15)23)28-19(24-25-26-28)21(4,5)27-10-12-29-13-11-27/h7,9,15-18H,6,8,10-14H2,1-5H3/b9-7+. The molecule has 0 spiro atoms. The number of hydrogen-bond donors (Lipinski definition) is 0. The lowest BCUT2D eigenvalue weighted by Gasteiger charge is -2.41. The average molecular weight is 444 g/mol. The van der Waals surface area contributed by atoms with Gasteiger partial charge in [0.2, 0.25) is 0 Å². The van der Waals surface area contributed by atoms with Gasteiger partial charge in [0, 0.05) is 23.8 Å². The molecule has 4 unspecified atom stereocenters. The van der Waals surface area contributed by atoms with E-state index in [0.29, 0.717) is 5.92 Å². The Morgan fingerprint density at radius 2 is 1.79 bits per heavy atom. The molecular weight excluding hydrogens is 409 g/mol. The molecule has 0 radical (unpaired) electrons. The van der Waals surface area contributed by atoms with Crippen LogP contribution in [0.2, 0.25) is 0 Å². The van der Waals surface area contributed by atoms with E-state index in [1.807, 2.05) is 4.68 Å². The highest BCUT2D eigenvalue weighted by Gasteiger charge is 2.38. The molecule has 1 aliphatic heterocycles. The van der Waals surface area contributed by atoms with E-state index in [4.69, 9.17) is 27.9 Å². The molecule has 164 valence electrons. The molecule has 29 heavy (non-hydrogen) atoms. The molecular formula is C21H35Cl2N5O. The minimum atomic E-state index is -0.281. The van der Waals surface area contributed by atoms with E-state index >= 15 is 0 Å². The van der Waals surface area contributed by atoms with E-state index in [2.05, 4.69) is 67.2 Å². The molecule has 1 aliphatic carbocycles. The van der Waals surface area contributed by atoms with Crippen molar-refractivity contribution in [3.63, 3.8) is 0 Å². The van der Waals surface area contributed by atoms with Gasteiger partial charge in [-0.05, 0) is 54.9 Å². The predicted octanol–water partition coefficient (Wildman–Crippen LogP) is 4.40. The Morgan fingerprint density at radius 3 is 2.41 bits per heavy atom. The van der Waals surface area contributed by atoms with Crippen LogP contribution in [0, 0.1) is 11.3 Å². The molecule has 6 nitrogen and oxygen atoms in total. The van der Waals surface area contributed by atoms with Crippen LogP contribution in [-0.4, -0.2) is 62.2 Å². The molecule has 4 atom stereocenters. The van der Waals surface area contributed by atoms with Gasteiger partial charge < -0.3 is 4.74 Å². The third kappa shape index (κ3) is 5.33. The maximum Gasteiger partial charge on any atom is 0.171 e. The maximum absolute atomic E-state index is 6.60. The van der Waals surface area contributed by atoms with Crippen LogP contribution in [0.1, 0.15) is 65.7 Å². The Hall–Kier alpha value is -0.690. The van der Waals surface area contributed by atoms with Crippen LogP contribution < -0.4 is 0 Å². The number of halogens is 2. The summed E-state index contributed by atoms with van der Waals surface area (Å²) in [6.45, 7) is 14.3. The zero-order valence-electron chi connectivity index (χ0n) is 18.3. The highest BCUT2D eigenvalue weighted by Crippen LogP contribution is 2.38. The van der Waals surface area contributed by atoms with Gasteiger partial charge in [-0.2, -0.15) is 0 Å². The summed E-state index contributed by atoms with van der Waals surface area (Å²) in [4.78, 5) is 2.40. The zero-order chi connectivity index (χ0) is 21.2. The molecule has 2 aliphatic rings. The van der Waals surface area contributed by atoms with Crippen LogP contribution in [0.25, 0.3) is 0 Å². The summed E-state index contributed by atoms with van der Waals surface area (Å²) in [5.41, 5.74) is -0.330. The second kappa shape index (κ2) is 9.21. The number of aromatic nitrogens is 4. The van der Waals surface area contributed by atoms with Crippen molar-refractivity contribution in [1.82, 2.24) is 25.1 Å². The highest BCUT2D eigenvalue weighted by molar-refractivity contribution is 6.24. The molecule has 0 bridgehead atoms. The lowest BCUT2D eigenvalue weighted by Crippen LogP contribution is -2.49. The van der Waals surface area contributed by atoms with Gasteiger partial charge in [-0.1, -0.05) is 32.9 Å². The lowest BCUT2D eigenvalue weighted by molar-refractivity contribution is -0.0171. The van der Waals surface area contributed by atoms with E-state index in [0.717, 1.165) is 51.4 Å². The molecule has 1 aromatic heterocycles. The van der Waals surface area contributed by atoms with Crippen molar-refractivity contribution in [3.8, 4) is 0 Å². The van der Waals surface area contributed by atoms with E-state index in [9.17, 15) is 0 Å². The van der Waals surface area contributed by atoms with Crippen molar-refractivity contribution in [2.24, 2.45) is 11.3 Å². The Kier molecular flexibility index (Phi) is 7.30. The number of allylic oxidation sites excluding steroid dienone is 2. The fraction of sp³-hybridized carbons (Fsp3) is 0.857. The van der Waals surface area contributed by atoms with Gasteiger partial charge >= 0.3 is 0 Å². The Balaban J connectivity index is 1.87. The number of nitrogens with zero attached hydrogens (tertiary/aromatic N) is 5. The van der Waals surface area contributed by atoms with Crippen LogP contribution in [0.15, 0.2) is 12.2 Å². The summed E-state index contributed by atoms with van der Waals surface area (Å²) in [7, 11) is 0. The van der Waals surface area contributed by atoms with Gasteiger partial charge in [0.25, 0.3) is 0 Å². The first-order chi connectivity index (χ1) is 13.6. The summed E-state index contributed by atoms with van der Waals surface area (Å²) in [6.07, 6.45) is 7.42. The number of rotatable bonds is 5. The van der Waals surface area contributed by atoms with Crippen molar-refractivity contribution in [2.75, 3.05) is 26.3 Å². The molecule has 1 aromatic rings. The fourth-order valence-corrected chi connectivity index (χ4v) is 5.17. The van der Waals surface area contributed by atoms with Crippen LogP contribution in [0.5, 0.6) is 0 Å². The Morgan fingerprint density at radius 1 is 1.10 bits per heavy atom. The van der Waals surface area contributed by atoms with Crippen LogP contribution in [0.3, 0.4) is 0 Å². The van der Waals surface area contributed by atoms with Gasteiger partial charge in [0.15, 0.2) is 5.82 Å². The number of alkyl halides is 2. The van der Waals surface area contributed by atoms with Crippen molar-refractivity contribution in [1.29, 1.82) is 0 Å². The second-order valence-corrected chi connectivity index (χ2v) is 11.1. The van der Waals surface area contributed by atoms with Crippen molar-refractivity contribution < 1.29 is 4.74 Å². The van der Waals surface area contributed by atoms with Gasteiger partial charge in [0.1, 0.15) is 0 Å². The van der Waals surface area contributed by atoms with Crippen molar-refractivity contribution >= 4 is 23.2 Å². The van der Waals surface area contributed by atoms with Crippen molar-refractivity contribution in [2.45, 2.75) is 76.2 Å². The molecule has 8 heteroatoms. The SMILES string of the molecule is CC(C)(C)C(/C=C/C1CCC(Cl)CC1Cl)n1nnnc1C(C)(C)N1CCOCC1. The van der Waals surface area contributed by atoms with Crippen LogP contribution in [0.4, 0.5) is 0 Å². The first kappa shape index (κ1) is 23.0. The average Bonchev–Trinajstić information content (AvgIpc) is 3.13. The molecule has 1 saturated heterocycles. The smallest absolute Gasteiger partial charge is 0.171 e. The lowest BCUT2D eigenvalue weighted by atomic mass is 9.83. The first-order valence-corrected chi connectivity index (χ1v) is 11.6. The quantitative estimate of drug-likeness (QED) is 0.498. The number of tetrazole rings is 1. The molecule has 1 saturated carbocycles. The van der Waals surface area contributed by atoms with E-state index < -0.39 is 0 Å². The van der Waals surface area contributed by atoms with Crippen molar-refractivity contribution in [3.05, 3.63) is 18.0 Å². The molecule has 2 heterocycles. The molecule has 0 aromatic carbocycles. The number of hydrogen-bond acceptors (Lipinski definition) is 5. The highest BCUT2D eigenvalue weighted by atomic mass is 35.5. The second-order valence-electron chi connectivity index (χ2n) is 9.89. The third-order valence-electron chi connectivity index (χ3n) is 6.29.